The Kier molecular flexibility index (Phi) is 4.66. The highest BCUT2D eigenvalue weighted by Gasteiger charge is 2.35. The van der Waals surface area contributed by atoms with Crippen LogP contribution in [-0.2, 0) is 9.59 Å². The van der Waals surface area contributed by atoms with Gasteiger partial charge >= 0.3 is 0 Å². The molecule has 1 aromatic rings. The summed E-state index contributed by atoms with van der Waals surface area (Å²) < 4.78 is 0. The summed E-state index contributed by atoms with van der Waals surface area (Å²) in [5, 5.41) is 2.97. The number of hydrogen-bond donors (Lipinski definition) is 1. The average molecular weight is 288 g/mol. The second-order valence-corrected chi connectivity index (χ2v) is 6.01. The molecule has 2 rings (SSSR count). The number of anilines is 1. The Morgan fingerprint density at radius 3 is 2.76 bits per heavy atom. The molecule has 0 bridgehead atoms. The third-order valence-electron chi connectivity index (χ3n) is 4.14. The first kappa shape index (κ1) is 15.5. The van der Waals surface area contributed by atoms with Crippen molar-refractivity contribution < 1.29 is 9.59 Å². The summed E-state index contributed by atoms with van der Waals surface area (Å²) >= 11 is 0. The van der Waals surface area contributed by atoms with Crippen molar-refractivity contribution in [2.75, 3.05) is 11.4 Å². The summed E-state index contributed by atoms with van der Waals surface area (Å²) in [6, 6.07) is 6.19. The summed E-state index contributed by atoms with van der Waals surface area (Å²) in [6.07, 6.45) is 1.20. The molecule has 1 heterocycles. The number of benzene rings is 1. The fraction of sp³-hybridized carbons (Fsp3) is 0.529. The van der Waals surface area contributed by atoms with Crippen molar-refractivity contribution in [1.82, 2.24) is 5.32 Å². The fourth-order valence-electron chi connectivity index (χ4n) is 2.69. The molecule has 114 valence electrons. The van der Waals surface area contributed by atoms with Gasteiger partial charge in [0.05, 0.1) is 5.92 Å². The van der Waals surface area contributed by atoms with Crippen LogP contribution in [0, 0.1) is 19.8 Å². The van der Waals surface area contributed by atoms with Gasteiger partial charge in [-0.3, -0.25) is 9.59 Å². The van der Waals surface area contributed by atoms with Crippen LogP contribution in [0.5, 0.6) is 0 Å². The van der Waals surface area contributed by atoms with E-state index in [1.807, 2.05) is 39.8 Å². The average Bonchev–Trinajstić information content (AvgIpc) is 2.80. The smallest absolute Gasteiger partial charge is 0.227 e. The van der Waals surface area contributed by atoms with E-state index in [4.69, 9.17) is 0 Å². The molecule has 1 fully saturated rings. The minimum absolute atomic E-state index is 0.00929. The first-order valence-electron chi connectivity index (χ1n) is 7.60. The Bertz CT molecular complexity index is 554. The lowest BCUT2D eigenvalue weighted by Gasteiger charge is -2.20. The topological polar surface area (TPSA) is 49.4 Å². The molecule has 21 heavy (non-hydrogen) atoms. The molecule has 1 aromatic carbocycles. The standard InChI is InChI=1S/C17H24N2O2/c1-5-13(4)18-17(21)14-9-16(20)19(10-14)15-7-6-11(2)8-12(15)3/h6-8,13-14H,5,9-10H2,1-4H3,(H,18,21)/t13-,14-/m0/s1. The molecule has 0 spiro atoms. The molecule has 1 saturated heterocycles. The maximum atomic E-state index is 12.2. The molecule has 0 unspecified atom stereocenters. The summed E-state index contributed by atoms with van der Waals surface area (Å²) in [5.41, 5.74) is 3.17. The summed E-state index contributed by atoms with van der Waals surface area (Å²) in [4.78, 5) is 26.2. The van der Waals surface area contributed by atoms with Crippen LogP contribution in [0.2, 0.25) is 0 Å². The van der Waals surface area contributed by atoms with Crippen molar-refractivity contribution >= 4 is 17.5 Å². The van der Waals surface area contributed by atoms with Gasteiger partial charge in [0.1, 0.15) is 0 Å². The van der Waals surface area contributed by atoms with Gasteiger partial charge < -0.3 is 10.2 Å². The van der Waals surface area contributed by atoms with E-state index in [1.165, 1.54) is 5.56 Å². The van der Waals surface area contributed by atoms with Gasteiger partial charge in [-0.15, -0.1) is 0 Å². The third-order valence-corrected chi connectivity index (χ3v) is 4.14. The Hall–Kier alpha value is -1.84. The van der Waals surface area contributed by atoms with Crippen LogP contribution in [0.25, 0.3) is 0 Å². The molecule has 2 atom stereocenters. The minimum atomic E-state index is -0.243. The second kappa shape index (κ2) is 6.29. The first-order chi connectivity index (χ1) is 9.92. The van der Waals surface area contributed by atoms with Crippen molar-refractivity contribution in [2.45, 2.75) is 46.6 Å². The lowest BCUT2D eigenvalue weighted by Crippen LogP contribution is -2.38. The molecule has 4 nitrogen and oxygen atoms in total. The van der Waals surface area contributed by atoms with E-state index < -0.39 is 0 Å². The number of carbonyl (C=O) groups excluding carboxylic acids is 2. The van der Waals surface area contributed by atoms with Crippen molar-refractivity contribution in [3.8, 4) is 0 Å². The van der Waals surface area contributed by atoms with Gasteiger partial charge in [0.2, 0.25) is 11.8 Å². The van der Waals surface area contributed by atoms with Crippen molar-refractivity contribution in [3.63, 3.8) is 0 Å². The van der Waals surface area contributed by atoms with Crippen LogP contribution < -0.4 is 10.2 Å². The Balaban J connectivity index is 2.11. The maximum Gasteiger partial charge on any atom is 0.227 e. The Morgan fingerprint density at radius 1 is 1.43 bits per heavy atom. The van der Waals surface area contributed by atoms with Gasteiger partial charge in [-0.25, -0.2) is 0 Å². The van der Waals surface area contributed by atoms with Gasteiger partial charge in [0.25, 0.3) is 0 Å². The molecule has 1 N–H and O–H groups in total. The highest BCUT2D eigenvalue weighted by atomic mass is 16.2. The number of amides is 2. The van der Waals surface area contributed by atoms with Crippen LogP contribution in [0.3, 0.4) is 0 Å². The number of rotatable bonds is 4. The van der Waals surface area contributed by atoms with E-state index in [0.29, 0.717) is 13.0 Å². The van der Waals surface area contributed by atoms with Gasteiger partial charge in [-0.1, -0.05) is 24.6 Å². The predicted molar refractivity (Wildman–Crippen MR) is 84.3 cm³/mol. The van der Waals surface area contributed by atoms with Crippen molar-refractivity contribution in [2.24, 2.45) is 5.92 Å². The van der Waals surface area contributed by atoms with Crippen LogP contribution in [0.4, 0.5) is 5.69 Å². The number of nitrogens with zero attached hydrogens (tertiary/aromatic N) is 1. The largest absolute Gasteiger partial charge is 0.353 e. The quantitative estimate of drug-likeness (QED) is 0.925. The molecule has 1 aliphatic rings. The zero-order chi connectivity index (χ0) is 15.6. The normalized spacial score (nSPS) is 19.7. The lowest BCUT2D eigenvalue weighted by atomic mass is 10.1. The van der Waals surface area contributed by atoms with Gasteiger partial charge in [-0.2, -0.15) is 0 Å². The van der Waals surface area contributed by atoms with Crippen molar-refractivity contribution in [3.05, 3.63) is 29.3 Å². The Labute approximate surface area is 126 Å². The molecular weight excluding hydrogens is 264 g/mol. The summed E-state index contributed by atoms with van der Waals surface area (Å²) in [5.74, 6) is -0.219. The first-order valence-corrected chi connectivity index (χ1v) is 7.60. The zero-order valence-electron chi connectivity index (χ0n) is 13.3. The minimum Gasteiger partial charge on any atom is -0.353 e. The fourth-order valence-corrected chi connectivity index (χ4v) is 2.69. The second-order valence-electron chi connectivity index (χ2n) is 6.01. The molecule has 0 saturated carbocycles. The number of hydrogen-bond acceptors (Lipinski definition) is 2. The molecule has 0 aromatic heterocycles. The molecule has 1 aliphatic heterocycles. The maximum absolute atomic E-state index is 12.2. The molecule has 4 heteroatoms. The van der Waals surface area contributed by atoms with E-state index in [0.717, 1.165) is 17.7 Å². The number of aryl methyl sites for hydroxylation is 2. The highest BCUT2D eigenvalue weighted by Crippen LogP contribution is 2.28. The van der Waals surface area contributed by atoms with Crippen LogP contribution in [0.1, 0.15) is 37.8 Å². The molecular formula is C17H24N2O2. The molecule has 0 radical (unpaired) electrons. The van der Waals surface area contributed by atoms with Gasteiger partial charge in [-0.05, 0) is 38.8 Å². The molecule has 2 amide bonds. The van der Waals surface area contributed by atoms with Crippen LogP contribution in [0.15, 0.2) is 18.2 Å². The van der Waals surface area contributed by atoms with Crippen LogP contribution >= 0.6 is 0 Å². The van der Waals surface area contributed by atoms with Crippen LogP contribution in [-0.4, -0.2) is 24.4 Å². The Morgan fingerprint density at radius 2 is 2.14 bits per heavy atom. The van der Waals surface area contributed by atoms with E-state index in [2.05, 4.69) is 11.4 Å². The van der Waals surface area contributed by atoms with Gasteiger partial charge in [0.15, 0.2) is 0 Å². The van der Waals surface area contributed by atoms with E-state index in [-0.39, 0.29) is 23.8 Å². The van der Waals surface area contributed by atoms with Gasteiger partial charge in [0, 0.05) is 24.7 Å². The monoisotopic (exact) mass is 288 g/mol. The summed E-state index contributed by atoms with van der Waals surface area (Å²) in [7, 11) is 0. The lowest BCUT2D eigenvalue weighted by molar-refractivity contribution is -0.126. The molecule has 0 aliphatic carbocycles. The van der Waals surface area contributed by atoms with E-state index >= 15 is 0 Å². The number of nitrogens with one attached hydrogen (secondary N) is 1. The van der Waals surface area contributed by atoms with E-state index in [1.54, 1.807) is 4.90 Å². The zero-order valence-corrected chi connectivity index (χ0v) is 13.3. The number of carbonyl (C=O) groups is 2. The third kappa shape index (κ3) is 3.43. The van der Waals surface area contributed by atoms with Crippen molar-refractivity contribution in [1.29, 1.82) is 0 Å². The highest BCUT2D eigenvalue weighted by molar-refractivity contribution is 6.00. The van der Waals surface area contributed by atoms with E-state index in [9.17, 15) is 9.59 Å². The SMILES string of the molecule is CC[C@H](C)NC(=O)[C@H]1CC(=O)N(c2ccc(C)cc2C)C1. The summed E-state index contributed by atoms with van der Waals surface area (Å²) in [6.45, 7) is 8.53. The predicted octanol–water partition coefficient (Wildman–Crippen LogP) is 2.57.